The van der Waals surface area contributed by atoms with Gasteiger partial charge in [0.25, 0.3) is 0 Å². The van der Waals surface area contributed by atoms with Crippen molar-refractivity contribution in [3.05, 3.63) is 0 Å². The predicted molar refractivity (Wildman–Crippen MR) is 47.7 cm³/mol. The van der Waals surface area contributed by atoms with Crippen LogP contribution < -0.4 is 16.4 Å². The molecule has 1 heterocycles. The first-order valence-electron chi connectivity index (χ1n) is 4.26. The summed E-state index contributed by atoms with van der Waals surface area (Å²) in [5.41, 5.74) is 4.95. The zero-order chi connectivity index (χ0) is 9.19. The van der Waals surface area contributed by atoms with Gasteiger partial charge in [-0.2, -0.15) is 0 Å². The molecule has 1 fully saturated rings. The molecule has 4 heteroatoms. The molecule has 4 nitrogen and oxygen atoms in total. The summed E-state index contributed by atoms with van der Waals surface area (Å²) in [4.78, 5) is 10.7. The van der Waals surface area contributed by atoms with Crippen molar-refractivity contribution in [3.8, 4) is 0 Å². The Morgan fingerprint density at radius 2 is 2.25 bits per heavy atom. The first kappa shape index (κ1) is 9.48. The molecule has 0 saturated carbocycles. The van der Waals surface area contributed by atoms with E-state index >= 15 is 0 Å². The molecule has 4 N–H and O–H groups in total. The topological polar surface area (TPSA) is 67.2 Å². The number of carbonyl (C=O) groups is 1. The van der Waals surface area contributed by atoms with Gasteiger partial charge in [0.15, 0.2) is 0 Å². The van der Waals surface area contributed by atoms with Crippen LogP contribution in [0.2, 0.25) is 0 Å². The lowest BCUT2D eigenvalue weighted by molar-refractivity contribution is -0.119. The van der Waals surface area contributed by atoms with Gasteiger partial charge in [0.2, 0.25) is 5.91 Å². The Morgan fingerprint density at radius 1 is 1.67 bits per heavy atom. The highest BCUT2D eigenvalue weighted by atomic mass is 16.1. The van der Waals surface area contributed by atoms with Crippen molar-refractivity contribution < 1.29 is 4.79 Å². The van der Waals surface area contributed by atoms with E-state index in [0.29, 0.717) is 12.5 Å². The Hall–Kier alpha value is -0.610. The van der Waals surface area contributed by atoms with Gasteiger partial charge in [0.1, 0.15) is 0 Å². The molecule has 0 atom stereocenters. The van der Waals surface area contributed by atoms with Crippen molar-refractivity contribution in [2.75, 3.05) is 13.1 Å². The number of hydrogen-bond donors (Lipinski definition) is 3. The second-order valence-electron chi connectivity index (χ2n) is 4.03. The van der Waals surface area contributed by atoms with E-state index in [1.807, 2.05) is 13.8 Å². The monoisotopic (exact) mass is 171 g/mol. The lowest BCUT2D eigenvalue weighted by Gasteiger charge is -2.36. The average Bonchev–Trinajstić information content (AvgIpc) is 1.76. The number of amides is 1. The average molecular weight is 171 g/mol. The number of primary amides is 1. The molecule has 0 spiro atoms. The normalized spacial score (nSPS) is 18.8. The second-order valence-corrected chi connectivity index (χ2v) is 4.03. The fourth-order valence-corrected chi connectivity index (χ4v) is 1.43. The van der Waals surface area contributed by atoms with E-state index in [1.54, 1.807) is 0 Å². The molecule has 1 saturated heterocycles. The molecule has 0 aromatic carbocycles. The minimum atomic E-state index is -0.250. The summed E-state index contributed by atoms with van der Waals surface area (Å²) >= 11 is 0. The van der Waals surface area contributed by atoms with Gasteiger partial charge in [-0.3, -0.25) is 4.79 Å². The van der Waals surface area contributed by atoms with Gasteiger partial charge in [0, 0.05) is 31.1 Å². The van der Waals surface area contributed by atoms with Crippen molar-refractivity contribution in [2.24, 2.45) is 5.73 Å². The molecule has 0 aliphatic carbocycles. The van der Waals surface area contributed by atoms with E-state index in [4.69, 9.17) is 5.73 Å². The Kier molecular flexibility index (Phi) is 2.69. The maximum atomic E-state index is 10.7. The van der Waals surface area contributed by atoms with Crippen molar-refractivity contribution >= 4 is 5.91 Å². The smallest absolute Gasteiger partial charge is 0.219 e. The molecule has 1 amide bonds. The van der Waals surface area contributed by atoms with E-state index in [9.17, 15) is 4.79 Å². The van der Waals surface area contributed by atoms with Crippen LogP contribution in [0.25, 0.3) is 0 Å². The summed E-state index contributed by atoms with van der Waals surface area (Å²) in [5, 5.41) is 6.52. The van der Waals surface area contributed by atoms with Crippen LogP contribution in [0.4, 0.5) is 0 Å². The molecule has 70 valence electrons. The lowest BCUT2D eigenvalue weighted by Crippen LogP contribution is -2.61. The SMILES string of the molecule is CC(C)(CC(N)=O)NC1CNC1. The van der Waals surface area contributed by atoms with Crippen LogP contribution in [-0.2, 0) is 4.79 Å². The molecule has 12 heavy (non-hydrogen) atoms. The van der Waals surface area contributed by atoms with Crippen LogP contribution in [0.3, 0.4) is 0 Å². The Labute approximate surface area is 72.9 Å². The minimum Gasteiger partial charge on any atom is -0.370 e. The highest BCUT2D eigenvalue weighted by Gasteiger charge is 2.26. The Bertz CT molecular complexity index is 175. The summed E-state index contributed by atoms with van der Waals surface area (Å²) in [7, 11) is 0. The van der Waals surface area contributed by atoms with Crippen molar-refractivity contribution in [1.82, 2.24) is 10.6 Å². The highest BCUT2D eigenvalue weighted by molar-refractivity contribution is 5.75. The van der Waals surface area contributed by atoms with E-state index in [-0.39, 0.29) is 11.4 Å². The molecule has 0 bridgehead atoms. The Balaban J connectivity index is 2.30. The molecular weight excluding hydrogens is 154 g/mol. The first-order valence-corrected chi connectivity index (χ1v) is 4.26. The molecular formula is C8H17N3O. The molecule has 0 radical (unpaired) electrons. The van der Waals surface area contributed by atoms with E-state index in [2.05, 4.69) is 10.6 Å². The fraction of sp³-hybridized carbons (Fsp3) is 0.875. The van der Waals surface area contributed by atoms with Crippen molar-refractivity contribution in [1.29, 1.82) is 0 Å². The third-order valence-electron chi connectivity index (χ3n) is 1.99. The van der Waals surface area contributed by atoms with Crippen LogP contribution in [0.1, 0.15) is 20.3 Å². The largest absolute Gasteiger partial charge is 0.370 e. The number of nitrogens with one attached hydrogen (secondary N) is 2. The summed E-state index contributed by atoms with van der Waals surface area (Å²) in [6.07, 6.45) is 0.392. The van der Waals surface area contributed by atoms with Gasteiger partial charge >= 0.3 is 0 Å². The fourth-order valence-electron chi connectivity index (χ4n) is 1.43. The maximum absolute atomic E-state index is 10.7. The maximum Gasteiger partial charge on any atom is 0.219 e. The third-order valence-corrected chi connectivity index (χ3v) is 1.99. The van der Waals surface area contributed by atoms with Gasteiger partial charge in [-0.25, -0.2) is 0 Å². The third kappa shape index (κ3) is 2.79. The first-order chi connectivity index (χ1) is 5.49. The lowest BCUT2D eigenvalue weighted by atomic mass is 9.97. The number of carbonyl (C=O) groups excluding carboxylic acids is 1. The zero-order valence-corrected chi connectivity index (χ0v) is 7.68. The standard InChI is InChI=1S/C8H17N3O/c1-8(2,3-7(9)12)11-6-4-10-5-6/h6,10-11H,3-5H2,1-2H3,(H2,9,12). The molecule has 1 aliphatic heterocycles. The van der Waals surface area contributed by atoms with Gasteiger partial charge in [-0.15, -0.1) is 0 Å². The van der Waals surface area contributed by atoms with Gasteiger partial charge in [-0.05, 0) is 13.8 Å². The van der Waals surface area contributed by atoms with E-state index in [0.717, 1.165) is 13.1 Å². The number of hydrogen-bond acceptors (Lipinski definition) is 3. The quantitative estimate of drug-likeness (QED) is 0.519. The van der Waals surface area contributed by atoms with Crippen LogP contribution in [0.5, 0.6) is 0 Å². The molecule has 1 rings (SSSR count). The summed E-state index contributed by atoms with van der Waals surface area (Å²) in [6.45, 7) is 5.97. The second kappa shape index (κ2) is 3.41. The van der Waals surface area contributed by atoms with Crippen LogP contribution >= 0.6 is 0 Å². The molecule has 0 unspecified atom stereocenters. The highest BCUT2D eigenvalue weighted by Crippen LogP contribution is 2.09. The van der Waals surface area contributed by atoms with Gasteiger partial charge in [-0.1, -0.05) is 0 Å². The minimum absolute atomic E-state index is 0.168. The van der Waals surface area contributed by atoms with E-state index in [1.165, 1.54) is 0 Å². The summed E-state index contributed by atoms with van der Waals surface area (Å²) in [6, 6.07) is 0.499. The molecule has 0 aromatic rings. The molecule has 1 aliphatic rings. The number of nitrogens with two attached hydrogens (primary N) is 1. The van der Waals surface area contributed by atoms with Crippen molar-refractivity contribution in [3.63, 3.8) is 0 Å². The Morgan fingerprint density at radius 3 is 2.58 bits per heavy atom. The summed E-state index contributed by atoms with van der Waals surface area (Å²) in [5.74, 6) is -0.250. The van der Waals surface area contributed by atoms with Gasteiger partial charge in [0.05, 0.1) is 0 Å². The van der Waals surface area contributed by atoms with Crippen LogP contribution in [-0.4, -0.2) is 30.6 Å². The predicted octanol–water partition coefficient (Wildman–Crippen LogP) is -0.798. The van der Waals surface area contributed by atoms with Crippen LogP contribution in [0.15, 0.2) is 0 Å². The number of rotatable bonds is 4. The molecule has 0 aromatic heterocycles. The van der Waals surface area contributed by atoms with Crippen LogP contribution in [0, 0.1) is 0 Å². The van der Waals surface area contributed by atoms with Crippen molar-refractivity contribution in [2.45, 2.75) is 31.8 Å². The van der Waals surface area contributed by atoms with E-state index < -0.39 is 0 Å². The zero-order valence-electron chi connectivity index (χ0n) is 7.68. The summed E-state index contributed by atoms with van der Waals surface area (Å²) < 4.78 is 0. The van der Waals surface area contributed by atoms with Gasteiger partial charge < -0.3 is 16.4 Å².